The minimum absolute atomic E-state index is 0.0461. The van der Waals surface area contributed by atoms with Gasteiger partial charge in [0.2, 0.25) is 0 Å². The maximum absolute atomic E-state index is 12.3. The first-order valence-electron chi connectivity index (χ1n) is 3.77. The van der Waals surface area contributed by atoms with Crippen molar-refractivity contribution < 1.29 is 13.2 Å². The normalized spacial score (nSPS) is 11.2. The van der Waals surface area contributed by atoms with Crippen molar-refractivity contribution in [2.45, 2.75) is 6.18 Å². The molecule has 0 aliphatic heterocycles. The molecule has 4 N–H and O–H groups in total. The third-order valence-electron chi connectivity index (χ3n) is 1.52. The van der Waals surface area contributed by atoms with Crippen LogP contribution in [-0.2, 0) is 6.18 Å². The average molecular weight is 282 g/mol. The molecule has 0 bridgehead atoms. The standard InChI is InChI=1S/C8H7BrF3N3/c9-5-2-1-4(8(10,11)12)3-6(5)15-7(13)14/h1-3H,(H4,13,14,15). The largest absolute Gasteiger partial charge is 0.416 e. The Kier molecular flexibility index (Phi) is 3.23. The average Bonchev–Trinajstić information content (AvgIpc) is 2.06. The van der Waals surface area contributed by atoms with Crippen molar-refractivity contribution in [3.63, 3.8) is 0 Å². The Morgan fingerprint density at radius 2 is 1.87 bits per heavy atom. The van der Waals surface area contributed by atoms with Crippen LogP contribution in [0.15, 0.2) is 27.7 Å². The SMILES string of the molecule is NC(N)=Nc1cc(C(F)(F)F)ccc1Br. The molecule has 1 aromatic carbocycles. The van der Waals surface area contributed by atoms with Crippen molar-refractivity contribution in [2.24, 2.45) is 16.5 Å². The summed E-state index contributed by atoms with van der Waals surface area (Å²) in [6.45, 7) is 0. The van der Waals surface area contributed by atoms with Gasteiger partial charge in [-0.3, -0.25) is 0 Å². The zero-order chi connectivity index (χ0) is 11.6. The summed E-state index contributed by atoms with van der Waals surface area (Å²) in [5.74, 6) is -0.296. The van der Waals surface area contributed by atoms with Crippen LogP contribution in [0.25, 0.3) is 0 Å². The van der Waals surface area contributed by atoms with Gasteiger partial charge in [0.15, 0.2) is 5.96 Å². The molecule has 0 aliphatic carbocycles. The molecule has 7 heteroatoms. The van der Waals surface area contributed by atoms with Gasteiger partial charge in [-0.05, 0) is 34.1 Å². The highest BCUT2D eigenvalue weighted by Gasteiger charge is 2.30. The number of guanidine groups is 1. The van der Waals surface area contributed by atoms with E-state index in [1.165, 1.54) is 6.07 Å². The quantitative estimate of drug-likeness (QED) is 0.613. The number of hydrogen-bond acceptors (Lipinski definition) is 1. The molecule has 0 unspecified atom stereocenters. The number of aliphatic imine (C=N–C) groups is 1. The molecule has 3 nitrogen and oxygen atoms in total. The van der Waals surface area contributed by atoms with Crippen molar-refractivity contribution in [3.05, 3.63) is 28.2 Å². The van der Waals surface area contributed by atoms with Crippen LogP contribution in [0.5, 0.6) is 0 Å². The number of benzene rings is 1. The summed E-state index contributed by atoms with van der Waals surface area (Å²) < 4.78 is 37.3. The van der Waals surface area contributed by atoms with Crippen LogP contribution in [0.1, 0.15) is 5.56 Å². The van der Waals surface area contributed by atoms with Crippen LogP contribution in [-0.4, -0.2) is 5.96 Å². The number of nitrogens with two attached hydrogens (primary N) is 2. The molecule has 0 amide bonds. The predicted octanol–water partition coefficient (Wildman–Crippen LogP) is 2.37. The molecule has 0 radical (unpaired) electrons. The topological polar surface area (TPSA) is 64.4 Å². The lowest BCUT2D eigenvalue weighted by Gasteiger charge is -2.08. The van der Waals surface area contributed by atoms with Gasteiger partial charge in [-0.1, -0.05) is 0 Å². The van der Waals surface area contributed by atoms with E-state index in [1.54, 1.807) is 0 Å². The lowest BCUT2D eigenvalue weighted by Crippen LogP contribution is -2.22. The minimum atomic E-state index is -4.41. The second-order valence-electron chi connectivity index (χ2n) is 2.70. The van der Waals surface area contributed by atoms with Gasteiger partial charge in [-0.25, -0.2) is 4.99 Å². The first-order chi connectivity index (χ1) is 6.80. The molecule has 0 atom stereocenters. The molecule has 0 saturated carbocycles. The fraction of sp³-hybridized carbons (Fsp3) is 0.125. The summed E-state index contributed by atoms with van der Waals surface area (Å²) in [7, 11) is 0. The van der Waals surface area contributed by atoms with Crippen LogP contribution < -0.4 is 11.5 Å². The maximum Gasteiger partial charge on any atom is 0.416 e. The van der Waals surface area contributed by atoms with Gasteiger partial charge >= 0.3 is 6.18 Å². The van der Waals surface area contributed by atoms with Crippen LogP contribution in [0.4, 0.5) is 18.9 Å². The molecule has 82 valence electrons. The summed E-state index contributed by atoms with van der Waals surface area (Å²) in [4.78, 5) is 3.56. The third-order valence-corrected chi connectivity index (χ3v) is 2.19. The van der Waals surface area contributed by atoms with Crippen molar-refractivity contribution in [2.75, 3.05) is 0 Å². The number of nitrogens with zero attached hydrogens (tertiary/aromatic N) is 1. The highest BCUT2D eigenvalue weighted by molar-refractivity contribution is 9.10. The first kappa shape index (κ1) is 11.8. The lowest BCUT2D eigenvalue weighted by atomic mass is 10.2. The van der Waals surface area contributed by atoms with Crippen molar-refractivity contribution in [3.8, 4) is 0 Å². The monoisotopic (exact) mass is 281 g/mol. The highest BCUT2D eigenvalue weighted by atomic mass is 79.9. The Morgan fingerprint density at radius 1 is 1.27 bits per heavy atom. The van der Waals surface area contributed by atoms with Gasteiger partial charge in [-0.2, -0.15) is 13.2 Å². The molecule has 0 aromatic heterocycles. The Morgan fingerprint density at radius 3 is 2.33 bits per heavy atom. The van der Waals surface area contributed by atoms with Gasteiger partial charge in [0.1, 0.15) is 0 Å². The Labute approximate surface area is 92.1 Å². The van der Waals surface area contributed by atoms with Gasteiger partial charge in [0.05, 0.1) is 11.3 Å². The number of alkyl halides is 3. The fourth-order valence-electron chi connectivity index (χ4n) is 0.914. The summed E-state index contributed by atoms with van der Waals surface area (Å²) in [6, 6.07) is 3.05. The van der Waals surface area contributed by atoms with Gasteiger partial charge < -0.3 is 11.5 Å². The van der Waals surface area contributed by atoms with Crippen molar-refractivity contribution >= 4 is 27.6 Å². The first-order valence-corrected chi connectivity index (χ1v) is 4.56. The fourth-order valence-corrected chi connectivity index (χ4v) is 1.25. The van der Waals surface area contributed by atoms with Crippen LogP contribution >= 0.6 is 15.9 Å². The van der Waals surface area contributed by atoms with Crippen molar-refractivity contribution in [1.82, 2.24) is 0 Å². The second kappa shape index (κ2) is 4.09. The molecule has 1 aromatic rings. The van der Waals surface area contributed by atoms with Gasteiger partial charge in [-0.15, -0.1) is 0 Å². The smallest absolute Gasteiger partial charge is 0.370 e. The Bertz CT molecular complexity index is 397. The molecular formula is C8H7BrF3N3. The van der Waals surface area contributed by atoms with E-state index in [4.69, 9.17) is 11.5 Å². The Hall–Kier alpha value is -1.24. The number of rotatable bonds is 1. The maximum atomic E-state index is 12.3. The zero-order valence-electron chi connectivity index (χ0n) is 7.35. The highest BCUT2D eigenvalue weighted by Crippen LogP contribution is 2.34. The van der Waals surface area contributed by atoms with Crippen LogP contribution in [0.2, 0.25) is 0 Å². The Balaban J connectivity index is 3.23. The zero-order valence-corrected chi connectivity index (χ0v) is 8.93. The minimum Gasteiger partial charge on any atom is -0.370 e. The van der Waals surface area contributed by atoms with E-state index in [1.807, 2.05) is 0 Å². The molecule has 15 heavy (non-hydrogen) atoms. The molecule has 0 saturated heterocycles. The summed E-state index contributed by atoms with van der Waals surface area (Å²) in [5.41, 5.74) is 9.40. The summed E-state index contributed by atoms with van der Waals surface area (Å²) >= 11 is 3.04. The number of hydrogen-bond donors (Lipinski definition) is 2. The van der Waals surface area contributed by atoms with Crippen LogP contribution in [0, 0.1) is 0 Å². The van der Waals surface area contributed by atoms with Gasteiger partial charge in [0.25, 0.3) is 0 Å². The van der Waals surface area contributed by atoms with Crippen molar-refractivity contribution in [1.29, 1.82) is 0 Å². The summed E-state index contributed by atoms with van der Waals surface area (Å²) in [5, 5.41) is 0. The van der Waals surface area contributed by atoms with E-state index in [9.17, 15) is 13.2 Å². The third kappa shape index (κ3) is 3.12. The van der Waals surface area contributed by atoms with E-state index in [0.29, 0.717) is 4.47 Å². The molecule has 0 fully saturated rings. The van der Waals surface area contributed by atoms with E-state index in [0.717, 1.165) is 12.1 Å². The van der Waals surface area contributed by atoms with E-state index < -0.39 is 11.7 Å². The van der Waals surface area contributed by atoms with E-state index in [-0.39, 0.29) is 11.6 Å². The molecule has 0 aliphatic rings. The molecule has 1 rings (SSSR count). The van der Waals surface area contributed by atoms with Gasteiger partial charge in [0, 0.05) is 4.47 Å². The molecular weight excluding hydrogens is 275 g/mol. The second-order valence-corrected chi connectivity index (χ2v) is 3.55. The number of halogens is 4. The van der Waals surface area contributed by atoms with Crippen LogP contribution in [0.3, 0.4) is 0 Å². The predicted molar refractivity (Wildman–Crippen MR) is 54.6 cm³/mol. The molecule has 0 spiro atoms. The lowest BCUT2D eigenvalue weighted by molar-refractivity contribution is -0.137. The van der Waals surface area contributed by atoms with E-state index in [2.05, 4.69) is 20.9 Å². The van der Waals surface area contributed by atoms with E-state index >= 15 is 0 Å². The summed E-state index contributed by atoms with van der Waals surface area (Å²) in [6.07, 6.45) is -4.41. The molecule has 0 heterocycles.